The molecule has 0 heterocycles. The number of hydrogen-bond donors (Lipinski definition) is 1. The molecule has 0 saturated heterocycles. The molecule has 0 spiro atoms. The third-order valence-corrected chi connectivity index (χ3v) is 4.65. The van der Waals surface area contributed by atoms with Gasteiger partial charge in [-0.25, -0.2) is 0 Å². The minimum atomic E-state index is -0.110. The molecule has 24 heavy (non-hydrogen) atoms. The average Bonchev–Trinajstić information content (AvgIpc) is 2.59. The summed E-state index contributed by atoms with van der Waals surface area (Å²) in [7, 11) is 5.65. The van der Waals surface area contributed by atoms with E-state index in [1.165, 1.54) is 5.56 Å². The van der Waals surface area contributed by atoms with Crippen molar-refractivity contribution in [2.24, 2.45) is 0 Å². The van der Waals surface area contributed by atoms with E-state index in [-0.39, 0.29) is 11.9 Å². The van der Waals surface area contributed by atoms with Crippen molar-refractivity contribution in [1.29, 1.82) is 0 Å². The first-order chi connectivity index (χ1) is 11.5. The molecule has 0 bridgehead atoms. The second kappa shape index (κ2) is 8.85. The molecule has 2 aromatic carbocycles. The van der Waals surface area contributed by atoms with Gasteiger partial charge in [-0.3, -0.25) is 4.79 Å². The highest BCUT2D eigenvalue weighted by molar-refractivity contribution is 9.10. The first-order valence-corrected chi connectivity index (χ1v) is 8.62. The Labute approximate surface area is 151 Å². The summed E-state index contributed by atoms with van der Waals surface area (Å²) in [6.45, 7) is 0.574. The Balaban J connectivity index is 2.02. The van der Waals surface area contributed by atoms with E-state index < -0.39 is 0 Å². The van der Waals surface area contributed by atoms with Crippen molar-refractivity contribution in [1.82, 2.24) is 10.2 Å². The largest absolute Gasteiger partial charge is 0.497 e. The van der Waals surface area contributed by atoms with Crippen LogP contribution in [0, 0.1) is 0 Å². The molecule has 0 aliphatic rings. The predicted molar refractivity (Wildman–Crippen MR) is 101 cm³/mol. The van der Waals surface area contributed by atoms with Gasteiger partial charge in [-0.1, -0.05) is 30.3 Å². The van der Waals surface area contributed by atoms with Crippen LogP contribution in [0.25, 0.3) is 0 Å². The lowest BCUT2D eigenvalue weighted by Gasteiger charge is -2.25. The number of carbonyl (C=O) groups excluding carboxylic acids is 1. The Morgan fingerprint density at radius 1 is 1.21 bits per heavy atom. The lowest BCUT2D eigenvalue weighted by atomic mass is 10.0. The molecule has 0 aliphatic heterocycles. The zero-order valence-electron chi connectivity index (χ0n) is 14.3. The fourth-order valence-electron chi connectivity index (χ4n) is 2.43. The smallest absolute Gasteiger partial charge is 0.252 e. The van der Waals surface area contributed by atoms with Crippen molar-refractivity contribution < 1.29 is 9.53 Å². The van der Waals surface area contributed by atoms with Crippen molar-refractivity contribution in [3.63, 3.8) is 0 Å². The molecule has 0 aliphatic carbocycles. The second-order valence-electron chi connectivity index (χ2n) is 5.86. The Hall–Kier alpha value is -1.85. The molecular formula is C19H23BrN2O2. The number of rotatable bonds is 7. The molecule has 5 heteroatoms. The molecule has 128 valence electrons. The molecule has 2 aromatic rings. The summed E-state index contributed by atoms with van der Waals surface area (Å²) < 4.78 is 5.95. The maximum atomic E-state index is 12.5. The summed E-state index contributed by atoms with van der Waals surface area (Å²) >= 11 is 3.42. The van der Waals surface area contributed by atoms with Crippen LogP contribution in [-0.2, 0) is 6.42 Å². The van der Waals surface area contributed by atoms with Gasteiger partial charge < -0.3 is 15.0 Å². The Morgan fingerprint density at radius 3 is 2.54 bits per heavy atom. The van der Waals surface area contributed by atoms with Crippen molar-refractivity contribution in [3.05, 3.63) is 64.1 Å². The van der Waals surface area contributed by atoms with Gasteiger partial charge in [0.15, 0.2) is 0 Å². The van der Waals surface area contributed by atoms with Gasteiger partial charge in [0.25, 0.3) is 5.91 Å². The van der Waals surface area contributed by atoms with Crippen molar-refractivity contribution in [2.45, 2.75) is 12.5 Å². The second-order valence-corrected chi connectivity index (χ2v) is 6.72. The van der Waals surface area contributed by atoms with Gasteiger partial charge in [0, 0.05) is 17.1 Å². The number of ether oxygens (including phenoxy) is 1. The zero-order chi connectivity index (χ0) is 17.5. The molecule has 1 amide bonds. The SMILES string of the molecule is COc1ccc(Br)c(C(=O)NCC(Cc2ccccc2)N(C)C)c1. The van der Waals surface area contributed by atoms with Crippen molar-refractivity contribution in [3.8, 4) is 5.75 Å². The number of methoxy groups -OCH3 is 1. The lowest BCUT2D eigenvalue weighted by Crippen LogP contribution is -2.41. The molecule has 1 atom stereocenters. The van der Waals surface area contributed by atoms with Crippen LogP contribution in [0.15, 0.2) is 53.0 Å². The van der Waals surface area contributed by atoms with Gasteiger partial charge >= 0.3 is 0 Å². The van der Waals surface area contributed by atoms with Crippen LogP contribution in [0.2, 0.25) is 0 Å². The van der Waals surface area contributed by atoms with Crippen LogP contribution in [0.3, 0.4) is 0 Å². The minimum absolute atomic E-state index is 0.110. The number of nitrogens with zero attached hydrogens (tertiary/aromatic N) is 1. The highest BCUT2D eigenvalue weighted by Gasteiger charge is 2.16. The number of likely N-dealkylation sites (N-methyl/N-ethyl adjacent to an activating group) is 1. The minimum Gasteiger partial charge on any atom is -0.497 e. The molecule has 0 radical (unpaired) electrons. The van der Waals surface area contributed by atoms with Crippen molar-refractivity contribution >= 4 is 21.8 Å². The zero-order valence-corrected chi connectivity index (χ0v) is 15.8. The van der Waals surface area contributed by atoms with E-state index in [4.69, 9.17) is 4.74 Å². The van der Waals surface area contributed by atoms with Crippen molar-refractivity contribution in [2.75, 3.05) is 27.7 Å². The maximum absolute atomic E-state index is 12.5. The number of hydrogen-bond acceptors (Lipinski definition) is 3. The highest BCUT2D eigenvalue weighted by Crippen LogP contribution is 2.22. The van der Waals surface area contributed by atoms with Crippen LogP contribution in [0.4, 0.5) is 0 Å². The first-order valence-electron chi connectivity index (χ1n) is 7.83. The summed E-state index contributed by atoms with van der Waals surface area (Å²) in [5.74, 6) is 0.553. The van der Waals surface area contributed by atoms with Gasteiger partial charge in [-0.05, 0) is 60.2 Å². The van der Waals surface area contributed by atoms with E-state index in [1.807, 2.05) is 44.4 Å². The quantitative estimate of drug-likeness (QED) is 0.787. The topological polar surface area (TPSA) is 41.6 Å². The number of benzene rings is 2. The Bertz CT molecular complexity index is 674. The average molecular weight is 391 g/mol. The molecule has 0 aromatic heterocycles. The van der Waals surface area contributed by atoms with Gasteiger partial charge in [-0.2, -0.15) is 0 Å². The molecule has 2 rings (SSSR count). The number of halogens is 1. The van der Waals surface area contributed by atoms with Gasteiger partial charge in [-0.15, -0.1) is 0 Å². The van der Waals surface area contributed by atoms with E-state index in [9.17, 15) is 4.79 Å². The van der Waals surface area contributed by atoms with Crippen LogP contribution in [-0.4, -0.2) is 44.6 Å². The van der Waals surface area contributed by atoms with E-state index in [0.717, 1.165) is 10.9 Å². The summed E-state index contributed by atoms with van der Waals surface area (Å²) in [6.07, 6.45) is 0.882. The Kier molecular flexibility index (Phi) is 6.82. The fourth-order valence-corrected chi connectivity index (χ4v) is 2.86. The van der Waals surface area contributed by atoms with Crippen LogP contribution in [0.5, 0.6) is 5.75 Å². The van der Waals surface area contributed by atoms with Gasteiger partial charge in [0.2, 0.25) is 0 Å². The predicted octanol–water partition coefficient (Wildman–Crippen LogP) is 3.36. The van der Waals surface area contributed by atoms with Crippen LogP contribution < -0.4 is 10.1 Å². The standard InChI is InChI=1S/C19H23BrN2O2/c1-22(2)15(11-14-7-5-4-6-8-14)13-21-19(23)17-12-16(24-3)9-10-18(17)20/h4-10,12,15H,11,13H2,1-3H3,(H,21,23). The number of nitrogens with one attached hydrogen (secondary N) is 1. The normalized spacial score (nSPS) is 12.0. The van der Waals surface area contributed by atoms with E-state index in [0.29, 0.717) is 17.9 Å². The summed E-state index contributed by atoms with van der Waals surface area (Å²) in [5, 5.41) is 3.03. The lowest BCUT2D eigenvalue weighted by molar-refractivity contribution is 0.0940. The molecule has 1 N–H and O–H groups in total. The molecule has 0 fully saturated rings. The summed E-state index contributed by atoms with van der Waals surface area (Å²) in [4.78, 5) is 14.6. The first kappa shape index (κ1) is 18.5. The number of carbonyl (C=O) groups is 1. The van der Waals surface area contributed by atoms with Gasteiger partial charge in [0.05, 0.1) is 12.7 Å². The summed E-state index contributed by atoms with van der Waals surface area (Å²) in [6, 6.07) is 15.9. The monoisotopic (exact) mass is 390 g/mol. The number of amides is 1. The maximum Gasteiger partial charge on any atom is 0.252 e. The van der Waals surface area contributed by atoms with E-state index in [1.54, 1.807) is 13.2 Å². The fraction of sp³-hybridized carbons (Fsp3) is 0.316. The van der Waals surface area contributed by atoms with E-state index in [2.05, 4.69) is 38.3 Å². The molecule has 4 nitrogen and oxygen atoms in total. The third-order valence-electron chi connectivity index (χ3n) is 3.96. The molecular weight excluding hydrogens is 368 g/mol. The van der Waals surface area contributed by atoms with Gasteiger partial charge in [0.1, 0.15) is 5.75 Å². The Morgan fingerprint density at radius 2 is 1.92 bits per heavy atom. The van der Waals surface area contributed by atoms with E-state index >= 15 is 0 Å². The molecule has 1 unspecified atom stereocenters. The third kappa shape index (κ3) is 5.08. The highest BCUT2D eigenvalue weighted by atomic mass is 79.9. The molecule has 0 saturated carbocycles. The summed E-state index contributed by atoms with van der Waals surface area (Å²) in [5.41, 5.74) is 1.83. The van der Waals surface area contributed by atoms with Crippen LogP contribution >= 0.6 is 15.9 Å². The van der Waals surface area contributed by atoms with Crippen LogP contribution in [0.1, 0.15) is 15.9 Å².